The first-order chi connectivity index (χ1) is 20.0. The van der Waals surface area contributed by atoms with Crippen LogP contribution in [0.4, 0.5) is 22.0 Å². The van der Waals surface area contributed by atoms with Gasteiger partial charge in [-0.1, -0.05) is 0 Å². The number of nitrogens with one attached hydrogen (secondary N) is 2. The molecule has 16 heteroatoms. The molecule has 3 heterocycles. The van der Waals surface area contributed by atoms with Crippen LogP contribution in [0.5, 0.6) is 0 Å². The maximum Gasteiger partial charge on any atom is 0.427 e. The minimum Gasteiger partial charge on any atom is -0.486 e. The highest BCUT2D eigenvalue weighted by molar-refractivity contribution is 5.93. The van der Waals surface area contributed by atoms with Crippen molar-refractivity contribution in [1.29, 1.82) is 0 Å². The second-order valence-corrected chi connectivity index (χ2v) is 11.2. The van der Waals surface area contributed by atoms with Crippen molar-refractivity contribution in [2.45, 2.75) is 83.0 Å². The Morgan fingerprint density at radius 1 is 1.21 bits per heavy atom. The molecule has 1 unspecified atom stereocenters. The molecule has 1 aliphatic rings. The zero-order chi connectivity index (χ0) is 31.7. The first-order valence-corrected chi connectivity index (χ1v) is 13.4. The summed E-state index contributed by atoms with van der Waals surface area (Å²) in [6, 6.07) is 1.66. The quantitative estimate of drug-likeness (QED) is 0.166. The summed E-state index contributed by atoms with van der Waals surface area (Å²) >= 11 is 0. The second kappa shape index (κ2) is 11.9. The number of ether oxygens (including phenoxy) is 1. The second-order valence-electron chi connectivity index (χ2n) is 11.2. The molecule has 1 aliphatic carbocycles. The maximum atomic E-state index is 13.3. The van der Waals surface area contributed by atoms with E-state index in [9.17, 15) is 36.6 Å². The van der Waals surface area contributed by atoms with E-state index in [1.54, 1.807) is 0 Å². The number of amides is 2. The molecule has 234 valence electrons. The van der Waals surface area contributed by atoms with E-state index in [4.69, 9.17) is 4.74 Å². The highest BCUT2D eigenvalue weighted by Gasteiger charge is 2.49. The first-order valence-electron chi connectivity index (χ1n) is 13.4. The molecule has 3 aromatic heterocycles. The van der Waals surface area contributed by atoms with Crippen molar-refractivity contribution in [2.75, 3.05) is 0 Å². The Hall–Kier alpha value is -4.08. The Morgan fingerprint density at radius 3 is 2.53 bits per heavy atom. The topological polar surface area (TPSA) is 136 Å². The number of halogens is 5. The summed E-state index contributed by atoms with van der Waals surface area (Å²) < 4.78 is 73.7. The van der Waals surface area contributed by atoms with E-state index in [2.05, 4.69) is 25.8 Å². The van der Waals surface area contributed by atoms with Gasteiger partial charge >= 0.3 is 6.18 Å². The fraction of sp³-hybridized carbons (Fsp3) is 0.519. The summed E-state index contributed by atoms with van der Waals surface area (Å²) in [5.41, 5.74) is -1.81. The van der Waals surface area contributed by atoms with Gasteiger partial charge in [0.15, 0.2) is 17.5 Å². The molecule has 0 aliphatic heterocycles. The highest BCUT2D eigenvalue weighted by atomic mass is 19.4. The number of aliphatic hydroxyl groups is 1. The number of aromatic nitrogens is 5. The van der Waals surface area contributed by atoms with Crippen molar-refractivity contribution in [3.05, 3.63) is 60.0 Å². The van der Waals surface area contributed by atoms with Crippen LogP contribution in [0.15, 0.2) is 43.1 Å². The van der Waals surface area contributed by atoms with Crippen LogP contribution in [-0.2, 0) is 9.53 Å². The van der Waals surface area contributed by atoms with Crippen LogP contribution in [0, 0.1) is 5.92 Å². The van der Waals surface area contributed by atoms with Crippen LogP contribution in [0.3, 0.4) is 0 Å². The van der Waals surface area contributed by atoms with E-state index < -0.39 is 47.7 Å². The smallest absolute Gasteiger partial charge is 0.427 e. The molecule has 0 saturated heterocycles. The number of imidazole rings is 1. The fourth-order valence-corrected chi connectivity index (χ4v) is 4.39. The Labute approximate surface area is 243 Å². The summed E-state index contributed by atoms with van der Waals surface area (Å²) in [4.78, 5) is 29.8. The number of carbonyl (C=O) groups is 2. The van der Waals surface area contributed by atoms with Gasteiger partial charge in [0.2, 0.25) is 11.8 Å². The zero-order valence-electron chi connectivity index (χ0n) is 23.8. The first kappa shape index (κ1) is 31.8. The summed E-state index contributed by atoms with van der Waals surface area (Å²) in [6.45, 7) is 5.35. The van der Waals surface area contributed by atoms with Gasteiger partial charge in [-0.2, -0.15) is 23.4 Å². The van der Waals surface area contributed by atoms with Gasteiger partial charge in [-0.15, -0.1) is 0 Å². The largest absolute Gasteiger partial charge is 0.486 e. The number of fused-ring (bicyclic) bond motifs is 1. The minimum atomic E-state index is -4.66. The van der Waals surface area contributed by atoms with Gasteiger partial charge in [0.1, 0.15) is 5.69 Å². The molecule has 2 amide bonds. The zero-order valence-corrected chi connectivity index (χ0v) is 23.8. The van der Waals surface area contributed by atoms with E-state index in [-0.39, 0.29) is 47.9 Å². The fourth-order valence-electron chi connectivity index (χ4n) is 4.39. The molecule has 43 heavy (non-hydrogen) atoms. The third-order valence-corrected chi connectivity index (χ3v) is 6.94. The van der Waals surface area contributed by atoms with Gasteiger partial charge < -0.3 is 20.5 Å². The SMILES string of the molecule is CC(C)n1nccc1C(=O)NC(/C=C/OC(C)(C)C(F)(F)F)c1cn2ncc([C@@H](O)NC(=O)CC3CC(F)(F)C3)cc2n1. The molecule has 1 fully saturated rings. The summed E-state index contributed by atoms with van der Waals surface area (Å²) in [5.74, 6) is -4.42. The average Bonchev–Trinajstić information content (AvgIpc) is 3.53. The van der Waals surface area contributed by atoms with E-state index in [1.165, 1.54) is 46.0 Å². The predicted octanol–water partition coefficient (Wildman–Crippen LogP) is 4.39. The molecule has 1 saturated carbocycles. The Bertz CT molecular complexity index is 1490. The lowest BCUT2D eigenvalue weighted by molar-refractivity contribution is -0.247. The van der Waals surface area contributed by atoms with Gasteiger partial charge in [0, 0.05) is 37.1 Å². The van der Waals surface area contributed by atoms with Crippen molar-refractivity contribution in [2.24, 2.45) is 5.92 Å². The summed E-state index contributed by atoms with van der Waals surface area (Å²) in [7, 11) is 0. The molecule has 0 bridgehead atoms. The lowest BCUT2D eigenvalue weighted by Gasteiger charge is -2.34. The predicted molar refractivity (Wildman–Crippen MR) is 142 cm³/mol. The van der Waals surface area contributed by atoms with Gasteiger partial charge in [-0.3, -0.25) is 14.3 Å². The van der Waals surface area contributed by atoms with Crippen LogP contribution in [0.25, 0.3) is 5.65 Å². The Kier molecular flexibility index (Phi) is 8.81. The number of hydrogen-bond acceptors (Lipinski definition) is 7. The number of nitrogens with zero attached hydrogens (tertiary/aromatic N) is 5. The van der Waals surface area contributed by atoms with E-state index in [0.29, 0.717) is 0 Å². The average molecular weight is 614 g/mol. The summed E-state index contributed by atoms with van der Waals surface area (Å²) in [6.07, 6.45) is -0.953. The van der Waals surface area contributed by atoms with Crippen LogP contribution in [0.1, 0.15) is 87.0 Å². The third-order valence-electron chi connectivity index (χ3n) is 6.94. The standard InChI is InChI=1S/C27H32F5N7O4/c1-15(2)39-20(5-7-33-39)24(42)36-18(6-8-43-25(3,4)27(30,31)32)19-14-38-21(35-19)10-17(13-34-38)23(41)37-22(40)9-16-11-26(28,29)12-16/h5-8,10,13-16,18,23,41H,9,11-12H2,1-4H3,(H,36,42)(H,37,40)/b8-6+/t18?,23-/m1/s1. The number of carbonyl (C=O) groups excluding carboxylic acids is 2. The molecule has 0 spiro atoms. The van der Waals surface area contributed by atoms with Crippen molar-refractivity contribution in [1.82, 2.24) is 35.0 Å². The van der Waals surface area contributed by atoms with Gasteiger partial charge in [0.05, 0.1) is 30.4 Å². The molecular weight excluding hydrogens is 581 g/mol. The molecule has 0 radical (unpaired) electrons. The molecule has 4 rings (SSSR count). The Balaban J connectivity index is 1.54. The maximum absolute atomic E-state index is 13.3. The molecule has 3 N–H and O–H groups in total. The van der Waals surface area contributed by atoms with Crippen LogP contribution >= 0.6 is 0 Å². The van der Waals surface area contributed by atoms with E-state index in [1.807, 2.05) is 13.8 Å². The highest BCUT2D eigenvalue weighted by Crippen LogP contribution is 2.44. The van der Waals surface area contributed by atoms with Crippen LogP contribution in [-0.4, -0.2) is 59.0 Å². The van der Waals surface area contributed by atoms with Gasteiger partial charge in [-0.05, 0) is 51.8 Å². The number of alkyl halides is 5. The minimum absolute atomic E-state index is 0.143. The third kappa shape index (κ3) is 7.47. The number of aliphatic hydroxyl groups excluding tert-OH is 1. The molecule has 11 nitrogen and oxygen atoms in total. The summed E-state index contributed by atoms with van der Waals surface area (Å²) in [5, 5.41) is 23.8. The molecule has 0 aromatic carbocycles. The van der Waals surface area contributed by atoms with E-state index >= 15 is 0 Å². The lowest BCUT2D eigenvalue weighted by Crippen LogP contribution is -2.40. The molecule has 2 atom stereocenters. The number of rotatable bonds is 11. The van der Waals surface area contributed by atoms with Crippen molar-refractivity contribution in [3.63, 3.8) is 0 Å². The molecule has 3 aromatic rings. The van der Waals surface area contributed by atoms with E-state index in [0.717, 1.165) is 20.1 Å². The van der Waals surface area contributed by atoms with Crippen molar-refractivity contribution >= 4 is 17.5 Å². The van der Waals surface area contributed by atoms with Crippen LogP contribution < -0.4 is 10.6 Å². The van der Waals surface area contributed by atoms with Crippen molar-refractivity contribution in [3.8, 4) is 0 Å². The monoisotopic (exact) mass is 613 g/mol. The molecular formula is C27H32F5N7O4. The van der Waals surface area contributed by atoms with Crippen molar-refractivity contribution < 1.29 is 41.4 Å². The van der Waals surface area contributed by atoms with Gasteiger partial charge in [-0.25, -0.2) is 18.3 Å². The van der Waals surface area contributed by atoms with Crippen LogP contribution in [0.2, 0.25) is 0 Å². The normalized spacial score (nSPS) is 17.2. The number of hydrogen-bond donors (Lipinski definition) is 3. The Morgan fingerprint density at radius 2 is 1.91 bits per heavy atom. The van der Waals surface area contributed by atoms with Gasteiger partial charge in [0.25, 0.3) is 5.91 Å². The lowest BCUT2D eigenvalue weighted by atomic mass is 9.79.